The van der Waals surface area contributed by atoms with Gasteiger partial charge >= 0.3 is 0 Å². The number of benzene rings is 3. The molecule has 3 nitrogen and oxygen atoms in total. The van der Waals surface area contributed by atoms with E-state index >= 15 is 0 Å². The minimum atomic E-state index is 0.763. The van der Waals surface area contributed by atoms with E-state index in [0.29, 0.717) is 0 Å². The van der Waals surface area contributed by atoms with Gasteiger partial charge in [-0.05, 0) is 47.5 Å². The van der Waals surface area contributed by atoms with Crippen LogP contribution in [-0.2, 0) is 11.5 Å². The molecule has 3 rings (SSSR count). The fraction of sp³-hybridized carbons (Fsp3) is 0.174. The van der Waals surface area contributed by atoms with Crippen LogP contribution in [0.2, 0.25) is 0 Å². The molecule has 3 aromatic carbocycles. The van der Waals surface area contributed by atoms with Gasteiger partial charge in [0.05, 0.1) is 14.2 Å². The molecule has 0 heterocycles. The molecule has 144 valence electrons. The SMILES string of the molecule is COc1ccc(CSc2cccc(SCc3ccc(OC)cc3)c2C=O)cc1. The summed E-state index contributed by atoms with van der Waals surface area (Å²) in [5, 5.41) is 0. The highest BCUT2D eigenvalue weighted by molar-refractivity contribution is 7.99. The summed E-state index contributed by atoms with van der Waals surface area (Å²) in [5.74, 6) is 3.30. The van der Waals surface area contributed by atoms with Crippen LogP contribution in [0.4, 0.5) is 0 Å². The van der Waals surface area contributed by atoms with Gasteiger partial charge in [-0.1, -0.05) is 30.3 Å². The van der Waals surface area contributed by atoms with E-state index in [0.717, 1.165) is 44.6 Å². The van der Waals surface area contributed by atoms with Crippen molar-refractivity contribution in [2.45, 2.75) is 21.3 Å². The average Bonchev–Trinajstić information content (AvgIpc) is 2.76. The molecule has 0 unspecified atom stereocenters. The maximum atomic E-state index is 11.8. The molecule has 0 amide bonds. The van der Waals surface area contributed by atoms with E-state index in [1.165, 1.54) is 11.1 Å². The van der Waals surface area contributed by atoms with Gasteiger partial charge < -0.3 is 9.47 Å². The van der Waals surface area contributed by atoms with Gasteiger partial charge in [-0.3, -0.25) is 4.79 Å². The highest BCUT2D eigenvalue weighted by Gasteiger charge is 2.10. The van der Waals surface area contributed by atoms with Crippen LogP contribution in [0.3, 0.4) is 0 Å². The van der Waals surface area contributed by atoms with Gasteiger partial charge in [0.1, 0.15) is 11.5 Å². The third kappa shape index (κ3) is 5.33. The monoisotopic (exact) mass is 410 g/mol. The second-order valence-electron chi connectivity index (χ2n) is 6.06. The Bertz CT molecular complexity index is 836. The maximum Gasteiger partial charge on any atom is 0.152 e. The number of hydrogen-bond donors (Lipinski definition) is 0. The van der Waals surface area contributed by atoms with Crippen LogP contribution >= 0.6 is 23.5 Å². The highest BCUT2D eigenvalue weighted by atomic mass is 32.2. The maximum absolute atomic E-state index is 11.8. The van der Waals surface area contributed by atoms with Crippen LogP contribution in [0.1, 0.15) is 21.5 Å². The van der Waals surface area contributed by atoms with Crippen molar-refractivity contribution < 1.29 is 14.3 Å². The zero-order chi connectivity index (χ0) is 19.8. The summed E-state index contributed by atoms with van der Waals surface area (Å²) >= 11 is 3.35. The Balaban J connectivity index is 1.67. The zero-order valence-corrected chi connectivity index (χ0v) is 17.5. The lowest BCUT2D eigenvalue weighted by molar-refractivity contribution is 0.111. The standard InChI is InChI=1S/C23H22O3S2/c1-25-19-10-6-17(7-11-19)15-27-22-4-3-5-23(21(22)14-24)28-16-18-8-12-20(26-2)13-9-18/h3-14H,15-16H2,1-2H3. The van der Waals surface area contributed by atoms with E-state index in [1.807, 2.05) is 42.5 Å². The van der Waals surface area contributed by atoms with Crippen LogP contribution in [-0.4, -0.2) is 20.5 Å². The number of rotatable bonds is 9. The molecule has 0 aliphatic heterocycles. The van der Waals surface area contributed by atoms with Gasteiger partial charge in [-0.2, -0.15) is 0 Å². The number of carbonyl (C=O) groups is 1. The number of ether oxygens (including phenoxy) is 2. The summed E-state index contributed by atoms with van der Waals surface area (Å²) < 4.78 is 10.4. The molecule has 0 aliphatic rings. The van der Waals surface area contributed by atoms with Crippen LogP contribution < -0.4 is 9.47 Å². The molecule has 0 aromatic heterocycles. The first kappa shape index (κ1) is 20.4. The van der Waals surface area contributed by atoms with Crippen LogP contribution in [0, 0.1) is 0 Å². The number of aldehydes is 1. The Hall–Kier alpha value is -2.37. The van der Waals surface area contributed by atoms with Crippen LogP contribution in [0.5, 0.6) is 11.5 Å². The van der Waals surface area contributed by atoms with E-state index in [9.17, 15) is 4.79 Å². The highest BCUT2D eigenvalue weighted by Crippen LogP contribution is 2.33. The third-order valence-corrected chi connectivity index (χ3v) is 6.54. The smallest absolute Gasteiger partial charge is 0.152 e. The Kier molecular flexibility index (Phi) is 7.46. The molecule has 3 aromatic rings. The molecular formula is C23H22O3S2. The quantitative estimate of drug-likeness (QED) is 0.314. The second-order valence-corrected chi connectivity index (χ2v) is 8.09. The molecule has 0 saturated carbocycles. The van der Waals surface area contributed by atoms with E-state index in [4.69, 9.17) is 9.47 Å². The minimum absolute atomic E-state index is 0.763. The summed E-state index contributed by atoms with van der Waals surface area (Å²) in [6.45, 7) is 0. The number of methoxy groups -OCH3 is 2. The molecule has 0 radical (unpaired) electrons. The fourth-order valence-electron chi connectivity index (χ4n) is 2.66. The lowest BCUT2D eigenvalue weighted by Gasteiger charge is -2.10. The minimum Gasteiger partial charge on any atom is -0.497 e. The van der Waals surface area contributed by atoms with Gasteiger partial charge in [0.15, 0.2) is 6.29 Å². The molecule has 0 aliphatic carbocycles. The molecule has 5 heteroatoms. The normalized spacial score (nSPS) is 10.5. The predicted octanol–water partition coefficient (Wildman–Crippen LogP) is 6.10. The zero-order valence-electron chi connectivity index (χ0n) is 15.9. The number of thioether (sulfide) groups is 2. The first-order valence-electron chi connectivity index (χ1n) is 8.83. The van der Waals surface area contributed by atoms with Crippen molar-refractivity contribution in [2.75, 3.05) is 14.2 Å². The predicted molar refractivity (Wildman–Crippen MR) is 117 cm³/mol. The second kappa shape index (κ2) is 10.2. The van der Waals surface area contributed by atoms with Crippen LogP contribution in [0.15, 0.2) is 76.5 Å². The summed E-state index contributed by atoms with van der Waals surface area (Å²) in [7, 11) is 3.32. The van der Waals surface area contributed by atoms with E-state index in [-0.39, 0.29) is 0 Å². The molecule has 0 atom stereocenters. The molecule has 0 N–H and O–H groups in total. The van der Waals surface area contributed by atoms with Crippen molar-refractivity contribution in [1.29, 1.82) is 0 Å². The van der Waals surface area contributed by atoms with Crippen molar-refractivity contribution in [3.63, 3.8) is 0 Å². The first-order chi connectivity index (χ1) is 13.7. The lowest BCUT2D eigenvalue weighted by atomic mass is 10.2. The Morgan fingerprint density at radius 3 is 1.50 bits per heavy atom. The van der Waals surface area contributed by atoms with Gasteiger partial charge in [0, 0.05) is 26.9 Å². The van der Waals surface area contributed by atoms with Crippen molar-refractivity contribution in [3.8, 4) is 11.5 Å². The molecule has 0 bridgehead atoms. The van der Waals surface area contributed by atoms with E-state index in [1.54, 1.807) is 37.7 Å². The van der Waals surface area contributed by atoms with Crippen molar-refractivity contribution in [3.05, 3.63) is 83.4 Å². The van der Waals surface area contributed by atoms with Crippen LogP contribution in [0.25, 0.3) is 0 Å². The summed E-state index contributed by atoms with van der Waals surface area (Å²) in [4.78, 5) is 13.8. The van der Waals surface area contributed by atoms with E-state index < -0.39 is 0 Å². The third-order valence-electron chi connectivity index (χ3n) is 4.25. The first-order valence-corrected chi connectivity index (χ1v) is 10.8. The molecular weight excluding hydrogens is 388 g/mol. The number of hydrogen-bond acceptors (Lipinski definition) is 5. The number of carbonyl (C=O) groups excluding carboxylic acids is 1. The van der Waals surface area contributed by atoms with E-state index in [2.05, 4.69) is 24.3 Å². The Morgan fingerprint density at radius 1 is 0.714 bits per heavy atom. The molecule has 0 saturated heterocycles. The van der Waals surface area contributed by atoms with Gasteiger partial charge in [-0.25, -0.2) is 0 Å². The largest absolute Gasteiger partial charge is 0.497 e. The van der Waals surface area contributed by atoms with Crippen molar-refractivity contribution >= 4 is 29.8 Å². The van der Waals surface area contributed by atoms with Gasteiger partial charge in [0.25, 0.3) is 0 Å². The van der Waals surface area contributed by atoms with Gasteiger partial charge in [-0.15, -0.1) is 23.5 Å². The van der Waals surface area contributed by atoms with Crippen molar-refractivity contribution in [1.82, 2.24) is 0 Å². The fourth-order valence-corrected chi connectivity index (χ4v) is 4.73. The topological polar surface area (TPSA) is 35.5 Å². The Morgan fingerprint density at radius 2 is 1.14 bits per heavy atom. The molecule has 28 heavy (non-hydrogen) atoms. The molecule has 0 fully saturated rings. The Labute approximate surface area is 174 Å². The lowest BCUT2D eigenvalue weighted by Crippen LogP contribution is -1.92. The summed E-state index contributed by atoms with van der Waals surface area (Å²) in [5.41, 5.74) is 3.15. The van der Waals surface area contributed by atoms with Gasteiger partial charge in [0.2, 0.25) is 0 Å². The summed E-state index contributed by atoms with van der Waals surface area (Å²) in [6.07, 6.45) is 0.965. The van der Waals surface area contributed by atoms with Crippen molar-refractivity contribution in [2.24, 2.45) is 0 Å². The average molecular weight is 411 g/mol. The molecule has 0 spiro atoms. The summed E-state index contributed by atoms with van der Waals surface area (Å²) in [6, 6.07) is 22.1.